The lowest BCUT2D eigenvalue weighted by Crippen LogP contribution is -2.44. The number of hydrogen-bond donors (Lipinski definition) is 4. The SMILES string of the molecule is OC[C@@H](O)[C@H](O)[C@@H](O)C1SCCCS1. The first-order chi connectivity index (χ1) is 6.66. The molecular formula is C8H16O4S2. The van der Waals surface area contributed by atoms with Gasteiger partial charge in [-0.05, 0) is 17.9 Å². The molecule has 0 aliphatic carbocycles. The molecule has 0 saturated carbocycles. The Morgan fingerprint density at radius 3 is 2.21 bits per heavy atom. The average molecular weight is 240 g/mol. The van der Waals surface area contributed by atoms with Crippen molar-refractivity contribution >= 4 is 23.5 Å². The predicted molar refractivity (Wildman–Crippen MR) is 58.4 cm³/mol. The van der Waals surface area contributed by atoms with Crippen LogP contribution in [0.5, 0.6) is 0 Å². The summed E-state index contributed by atoms with van der Waals surface area (Å²) in [6, 6.07) is 0. The summed E-state index contributed by atoms with van der Waals surface area (Å²) < 4.78 is -0.0973. The molecule has 1 heterocycles. The molecule has 0 bridgehead atoms. The average Bonchev–Trinajstić information content (AvgIpc) is 2.27. The Bertz CT molecular complexity index is 161. The van der Waals surface area contributed by atoms with Gasteiger partial charge in [0.25, 0.3) is 0 Å². The van der Waals surface area contributed by atoms with Crippen molar-refractivity contribution in [3.8, 4) is 0 Å². The molecule has 6 heteroatoms. The van der Waals surface area contributed by atoms with Gasteiger partial charge in [0, 0.05) is 0 Å². The molecule has 0 aromatic heterocycles. The Morgan fingerprint density at radius 2 is 1.71 bits per heavy atom. The van der Waals surface area contributed by atoms with Crippen molar-refractivity contribution in [1.82, 2.24) is 0 Å². The van der Waals surface area contributed by atoms with Crippen molar-refractivity contribution in [2.45, 2.75) is 29.3 Å². The molecule has 3 atom stereocenters. The first kappa shape index (κ1) is 12.6. The second kappa shape index (κ2) is 6.19. The van der Waals surface area contributed by atoms with Gasteiger partial charge in [-0.1, -0.05) is 0 Å². The van der Waals surface area contributed by atoms with E-state index >= 15 is 0 Å². The Labute approximate surface area is 91.7 Å². The van der Waals surface area contributed by atoms with Gasteiger partial charge >= 0.3 is 0 Å². The van der Waals surface area contributed by atoms with E-state index in [4.69, 9.17) is 10.2 Å². The van der Waals surface area contributed by atoms with Crippen LogP contribution in [-0.4, -0.2) is 61.4 Å². The van der Waals surface area contributed by atoms with E-state index in [1.54, 1.807) is 23.5 Å². The van der Waals surface area contributed by atoms with Crippen molar-refractivity contribution in [3.63, 3.8) is 0 Å². The summed E-state index contributed by atoms with van der Waals surface area (Å²) in [5, 5.41) is 36.9. The van der Waals surface area contributed by atoms with Crippen LogP contribution in [-0.2, 0) is 0 Å². The van der Waals surface area contributed by atoms with E-state index in [0.29, 0.717) is 0 Å². The van der Waals surface area contributed by atoms with Crippen molar-refractivity contribution in [1.29, 1.82) is 0 Å². The molecule has 0 aromatic rings. The highest BCUT2D eigenvalue weighted by Gasteiger charge is 2.32. The number of aliphatic hydroxyl groups excluding tert-OH is 4. The fourth-order valence-corrected chi connectivity index (χ4v) is 4.15. The normalized spacial score (nSPS) is 25.7. The van der Waals surface area contributed by atoms with E-state index in [-0.39, 0.29) is 4.58 Å². The first-order valence-corrected chi connectivity index (χ1v) is 6.65. The van der Waals surface area contributed by atoms with Crippen LogP contribution in [0.4, 0.5) is 0 Å². The van der Waals surface area contributed by atoms with Crippen LogP contribution in [0, 0.1) is 0 Å². The quantitative estimate of drug-likeness (QED) is 0.518. The Hall–Kier alpha value is 0.540. The van der Waals surface area contributed by atoms with Gasteiger partial charge in [0.15, 0.2) is 0 Å². The highest BCUT2D eigenvalue weighted by atomic mass is 32.2. The lowest BCUT2D eigenvalue weighted by molar-refractivity contribution is -0.0706. The minimum absolute atomic E-state index is 0.0973. The van der Waals surface area contributed by atoms with E-state index in [1.807, 2.05) is 0 Å². The molecular weight excluding hydrogens is 224 g/mol. The summed E-state index contributed by atoms with van der Waals surface area (Å²) in [5.41, 5.74) is 0. The minimum atomic E-state index is -1.26. The van der Waals surface area contributed by atoms with Gasteiger partial charge in [0.05, 0.1) is 11.2 Å². The van der Waals surface area contributed by atoms with Crippen LogP contribution < -0.4 is 0 Å². The third-order valence-corrected chi connectivity index (χ3v) is 5.14. The van der Waals surface area contributed by atoms with Crippen LogP contribution in [0.2, 0.25) is 0 Å². The van der Waals surface area contributed by atoms with Gasteiger partial charge < -0.3 is 20.4 Å². The molecule has 4 N–H and O–H groups in total. The fraction of sp³-hybridized carbons (Fsp3) is 1.00. The zero-order chi connectivity index (χ0) is 10.6. The highest BCUT2D eigenvalue weighted by Crippen LogP contribution is 2.34. The Morgan fingerprint density at radius 1 is 1.14 bits per heavy atom. The van der Waals surface area contributed by atoms with E-state index in [1.165, 1.54) is 0 Å². The zero-order valence-corrected chi connectivity index (χ0v) is 9.38. The van der Waals surface area contributed by atoms with Crippen molar-refractivity contribution < 1.29 is 20.4 Å². The third-order valence-electron chi connectivity index (χ3n) is 2.06. The van der Waals surface area contributed by atoms with Gasteiger partial charge in [0.2, 0.25) is 0 Å². The second-order valence-corrected chi connectivity index (χ2v) is 5.99. The molecule has 1 aliphatic rings. The topological polar surface area (TPSA) is 80.9 Å². The summed E-state index contributed by atoms with van der Waals surface area (Å²) in [4.78, 5) is 0. The molecule has 84 valence electrons. The van der Waals surface area contributed by atoms with Crippen molar-refractivity contribution in [2.24, 2.45) is 0 Å². The van der Waals surface area contributed by atoms with Crippen LogP contribution in [0.25, 0.3) is 0 Å². The molecule has 1 aliphatic heterocycles. The molecule has 1 rings (SSSR count). The standard InChI is InChI=1S/C8H16O4S2/c9-4-5(10)6(11)7(12)8-13-2-1-3-14-8/h5-12H,1-4H2/t5-,6+,7-/m1/s1. The van der Waals surface area contributed by atoms with Crippen LogP contribution in [0.15, 0.2) is 0 Å². The summed E-state index contributed by atoms with van der Waals surface area (Å²) in [5.74, 6) is 1.94. The molecule has 1 fully saturated rings. The lowest BCUT2D eigenvalue weighted by Gasteiger charge is -2.30. The molecule has 0 aromatic carbocycles. The maximum atomic E-state index is 9.68. The van der Waals surface area contributed by atoms with Gasteiger partial charge in [-0.2, -0.15) is 0 Å². The van der Waals surface area contributed by atoms with E-state index in [2.05, 4.69) is 0 Å². The first-order valence-electron chi connectivity index (χ1n) is 4.55. The number of hydrogen-bond acceptors (Lipinski definition) is 6. The third kappa shape index (κ3) is 3.29. The molecule has 0 spiro atoms. The molecule has 1 saturated heterocycles. The predicted octanol–water partition coefficient (Wildman–Crippen LogP) is -0.742. The maximum Gasteiger partial charge on any atom is 0.110 e. The van der Waals surface area contributed by atoms with Gasteiger partial charge in [-0.3, -0.25) is 0 Å². The van der Waals surface area contributed by atoms with Gasteiger partial charge in [-0.15, -0.1) is 23.5 Å². The Kier molecular flexibility index (Phi) is 5.58. The lowest BCUT2D eigenvalue weighted by atomic mass is 10.1. The zero-order valence-electron chi connectivity index (χ0n) is 7.74. The van der Waals surface area contributed by atoms with E-state index in [0.717, 1.165) is 17.9 Å². The smallest absolute Gasteiger partial charge is 0.110 e. The number of rotatable bonds is 4. The van der Waals surface area contributed by atoms with Crippen LogP contribution in [0.1, 0.15) is 6.42 Å². The summed E-state index contributed by atoms with van der Waals surface area (Å²) in [7, 11) is 0. The molecule has 0 radical (unpaired) electrons. The summed E-state index contributed by atoms with van der Waals surface area (Å²) >= 11 is 3.18. The second-order valence-electron chi connectivity index (χ2n) is 3.19. The summed E-state index contributed by atoms with van der Waals surface area (Å²) in [6.07, 6.45) is -2.39. The van der Waals surface area contributed by atoms with E-state index in [9.17, 15) is 10.2 Å². The molecule has 14 heavy (non-hydrogen) atoms. The van der Waals surface area contributed by atoms with Crippen LogP contribution in [0.3, 0.4) is 0 Å². The minimum Gasteiger partial charge on any atom is -0.394 e. The molecule has 0 amide bonds. The van der Waals surface area contributed by atoms with Crippen molar-refractivity contribution in [3.05, 3.63) is 0 Å². The number of thioether (sulfide) groups is 2. The fourth-order valence-electron chi connectivity index (χ4n) is 1.20. The molecule has 0 unspecified atom stereocenters. The van der Waals surface area contributed by atoms with Crippen molar-refractivity contribution in [2.75, 3.05) is 18.1 Å². The van der Waals surface area contributed by atoms with E-state index < -0.39 is 24.9 Å². The number of aliphatic hydroxyl groups is 4. The Balaban J connectivity index is 2.41. The van der Waals surface area contributed by atoms with Gasteiger partial charge in [-0.25, -0.2) is 0 Å². The van der Waals surface area contributed by atoms with Gasteiger partial charge in [0.1, 0.15) is 18.3 Å². The highest BCUT2D eigenvalue weighted by molar-refractivity contribution is 8.17. The maximum absolute atomic E-state index is 9.68. The monoisotopic (exact) mass is 240 g/mol. The molecule has 4 nitrogen and oxygen atoms in total. The largest absolute Gasteiger partial charge is 0.394 e. The summed E-state index contributed by atoms with van der Waals surface area (Å²) in [6.45, 7) is -0.527. The van der Waals surface area contributed by atoms with Crippen LogP contribution >= 0.6 is 23.5 Å².